The minimum atomic E-state index is -0.222. The molecule has 2 aromatic carbocycles. The number of nitrogens with one attached hydrogen (secondary N) is 1. The zero-order valence-corrected chi connectivity index (χ0v) is 14.4. The van der Waals surface area contributed by atoms with Crippen LogP contribution >= 0.6 is 11.3 Å². The van der Waals surface area contributed by atoms with Crippen LogP contribution in [0.2, 0.25) is 0 Å². The van der Waals surface area contributed by atoms with E-state index in [1.807, 2.05) is 49.4 Å². The molecule has 0 aliphatic carbocycles. The van der Waals surface area contributed by atoms with Crippen LogP contribution in [-0.4, -0.2) is 24.6 Å². The number of methoxy groups -OCH3 is 1. The smallest absolute Gasteiger partial charge is 0.250 e. The first kappa shape index (κ1) is 16.4. The van der Waals surface area contributed by atoms with Crippen molar-refractivity contribution in [2.45, 2.75) is 13.5 Å². The second-order valence-corrected chi connectivity index (χ2v) is 6.44. The topological polar surface area (TPSA) is 60.5 Å². The number of carbonyl (C=O) groups is 1. The van der Waals surface area contributed by atoms with Crippen molar-refractivity contribution in [2.24, 2.45) is 0 Å². The van der Waals surface area contributed by atoms with Crippen molar-refractivity contribution < 1.29 is 14.3 Å². The lowest BCUT2D eigenvalue weighted by Gasteiger charge is -2.11. The third-order valence-corrected chi connectivity index (χ3v) is 4.44. The molecule has 0 aliphatic rings. The summed E-state index contributed by atoms with van der Waals surface area (Å²) in [6, 6.07) is 13.5. The van der Waals surface area contributed by atoms with Gasteiger partial charge in [0.2, 0.25) is 5.91 Å². The molecule has 3 aromatic rings. The van der Waals surface area contributed by atoms with E-state index >= 15 is 0 Å². The number of hydrogen-bond acceptors (Lipinski definition) is 5. The molecule has 1 N–H and O–H groups in total. The van der Waals surface area contributed by atoms with E-state index in [1.165, 1.54) is 0 Å². The molecule has 0 radical (unpaired) electrons. The summed E-state index contributed by atoms with van der Waals surface area (Å²) >= 11 is 1.57. The molecule has 124 valence electrons. The Morgan fingerprint density at radius 2 is 2.08 bits per heavy atom. The number of anilines is 1. The molecule has 0 aliphatic heterocycles. The molecule has 6 heteroatoms. The first-order valence-electron chi connectivity index (χ1n) is 7.52. The maximum atomic E-state index is 12.0. The van der Waals surface area contributed by atoms with Gasteiger partial charge in [-0.3, -0.25) is 4.79 Å². The van der Waals surface area contributed by atoms with Gasteiger partial charge in [0.15, 0.2) is 0 Å². The van der Waals surface area contributed by atoms with E-state index in [0.29, 0.717) is 18.0 Å². The Morgan fingerprint density at radius 3 is 2.88 bits per heavy atom. The van der Waals surface area contributed by atoms with Gasteiger partial charge in [-0.25, -0.2) is 4.98 Å². The Balaban J connectivity index is 1.55. The zero-order valence-electron chi connectivity index (χ0n) is 13.5. The fourth-order valence-corrected chi connectivity index (χ4v) is 3.22. The molecule has 3 rings (SSSR count). The Morgan fingerprint density at radius 1 is 1.25 bits per heavy atom. The Kier molecular flexibility index (Phi) is 5.08. The zero-order chi connectivity index (χ0) is 16.9. The SMILES string of the molecule is COc1ccc(C)cc1NC(=O)COCc1nc2ccccc2s1. The number of benzene rings is 2. The molecule has 0 saturated carbocycles. The molecule has 0 spiro atoms. The second-order valence-electron chi connectivity index (χ2n) is 5.32. The number of aryl methyl sites for hydroxylation is 1. The summed E-state index contributed by atoms with van der Waals surface area (Å²) in [5.41, 5.74) is 2.64. The lowest BCUT2D eigenvalue weighted by Crippen LogP contribution is -2.18. The summed E-state index contributed by atoms with van der Waals surface area (Å²) in [6.45, 7) is 2.24. The molecule has 24 heavy (non-hydrogen) atoms. The predicted molar refractivity (Wildman–Crippen MR) is 95.6 cm³/mol. The van der Waals surface area contributed by atoms with Crippen LogP contribution in [-0.2, 0) is 16.1 Å². The van der Waals surface area contributed by atoms with Gasteiger partial charge in [0.05, 0.1) is 29.6 Å². The third-order valence-electron chi connectivity index (χ3n) is 3.43. The molecule has 0 bridgehead atoms. The van der Waals surface area contributed by atoms with Crippen LogP contribution in [0.1, 0.15) is 10.6 Å². The van der Waals surface area contributed by atoms with E-state index in [9.17, 15) is 4.79 Å². The third kappa shape index (κ3) is 3.90. The van der Waals surface area contributed by atoms with Gasteiger partial charge in [0.25, 0.3) is 0 Å². The van der Waals surface area contributed by atoms with Crippen LogP contribution < -0.4 is 10.1 Å². The molecule has 1 aromatic heterocycles. The van der Waals surface area contributed by atoms with E-state index in [4.69, 9.17) is 9.47 Å². The number of ether oxygens (including phenoxy) is 2. The van der Waals surface area contributed by atoms with Gasteiger partial charge in [-0.1, -0.05) is 18.2 Å². The van der Waals surface area contributed by atoms with Gasteiger partial charge in [0, 0.05) is 0 Å². The molecule has 0 unspecified atom stereocenters. The van der Waals surface area contributed by atoms with Gasteiger partial charge in [0.1, 0.15) is 17.4 Å². The van der Waals surface area contributed by atoms with Crippen LogP contribution in [0.5, 0.6) is 5.75 Å². The number of amides is 1. The summed E-state index contributed by atoms with van der Waals surface area (Å²) in [4.78, 5) is 16.5. The number of aromatic nitrogens is 1. The number of nitrogens with zero attached hydrogens (tertiary/aromatic N) is 1. The van der Waals surface area contributed by atoms with E-state index in [2.05, 4.69) is 10.3 Å². The van der Waals surface area contributed by atoms with E-state index in [1.54, 1.807) is 18.4 Å². The highest BCUT2D eigenvalue weighted by molar-refractivity contribution is 7.18. The van der Waals surface area contributed by atoms with Crippen molar-refractivity contribution in [3.63, 3.8) is 0 Å². The minimum absolute atomic E-state index is 0.0347. The molecular weight excluding hydrogens is 324 g/mol. The van der Waals surface area contributed by atoms with Crippen molar-refractivity contribution in [3.05, 3.63) is 53.0 Å². The maximum absolute atomic E-state index is 12.0. The van der Waals surface area contributed by atoms with Crippen molar-refractivity contribution in [2.75, 3.05) is 19.0 Å². The molecule has 1 heterocycles. The summed E-state index contributed by atoms with van der Waals surface area (Å²) < 4.78 is 11.8. The molecule has 0 fully saturated rings. The van der Waals surface area contributed by atoms with E-state index in [-0.39, 0.29) is 12.5 Å². The van der Waals surface area contributed by atoms with Crippen molar-refractivity contribution in [1.82, 2.24) is 4.98 Å². The molecule has 0 atom stereocenters. The van der Waals surface area contributed by atoms with Crippen LogP contribution in [0, 0.1) is 6.92 Å². The summed E-state index contributed by atoms with van der Waals surface area (Å²) in [6.07, 6.45) is 0. The number of thiazole rings is 1. The molecule has 5 nitrogen and oxygen atoms in total. The lowest BCUT2D eigenvalue weighted by molar-refractivity contribution is -0.121. The summed E-state index contributed by atoms with van der Waals surface area (Å²) in [5, 5.41) is 3.67. The highest BCUT2D eigenvalue weighted by atomic mass is 32.1. The molecular formula is C18H18N2O3S. The quantitative estimate of drug-likeness (QED) is 0.741. The first-order valence-corrected chi connectivity index (χ1v) is 8.34. The predicted octanol–water partition coefficient (Wildman–Crippen LogP) is 3.77. The van der Waals surface area contributed by atoms with Crippen molar-refractivity contribution in [3.8, 4) is 5.75 Å². The Bertz CT molecular complexity index is 827. The summed E-state index contributed by atoms with van der Waals surface area (Å²) in [5.74, 6) is 0.403. The monoisotopic (exact) mass is 342 g/mol. The Labute approximate surface area is 144 Å². The van der Waals surface area contributed by atoms with Gasteiger partial charge in [-0.2, -0.15) is 0 Å². The van der Waals surface area contributed by atoms with Gasteiger partial charge in [-0.15, -0.1) is 11.3 Å². The number of hydrogen-bond donors (Lipinski definition) is 1. The Hall–Kier alpha value is -2.44. The number of fused-ring (bicyclic) bond motifs is 1. The average Bonchev–Trinajstić information content (AvgIpc) is 2.97. The second kappa shape index (κ2) is 7.42. The van der Waals surface area contributed by atoms with E-state index in [0.717, 1.165) is 20.8 Å². The largest absolute Gasteiger partial charge is 0.495 e. The minimum Gasteiger partial charge on any atom is -0.495 e. The fraction of sp³-hybridized carbons (Fsp3) is 0.222. The number of para-hydroxylation sites is 1. The lowest BCUT2D eigenvalue weighted by atomic mass is 10.2. The molecule has 0 saturated heterocycles. The van der Waals surface area contributed by atoms with Gasteiger partial charge >= 0.3 is 0 Å². The number of rotatable bonds is 6. The van der Waals surface area contributed by atoms with Crippen LogP contribution in [0.4, 0.5) is 5.69 Å². The van der Waals surface area contributed by atoms with Crippen LogP contribution in [0.15, 0.2) is 42.5 Å². The van der Waals surface area contributed by atoms with Gasteiger partial charge in [-0.05, 0) is 36.8 Å². The van der Waals surface area contributed by atoms with Crippen LogP contribution in [0.3, 0.4) is 0 Å². The summed E-state index contributed by atoms with van der Waals surface area (Å²) in [7, 11) is 1.57. The average molecular weight is 342 g/mol. The molecule has 1 amide bonds. The number of carbonyl (C=O) groups excluding carboxylic acids is 1. The standard InChI is InChI=1S/C18H18N2O3S/c1-12-7-8-15(22-2)14(9-12)19-17(21)10-23-11-18-20-13-5-3-4-6-16(13)24-18/h3-9H,10-11H2,1-2H3,(H,19,21). The fourth-order valence-electron chi connectivity index (χ4n) is 2.32. The van der Waals surface area contributed by atoms with Crippen molar-refractivity contribution >= 4 is 33.1 Å². The van der Waals surface area contributed by atoms with E-state index < -0.39 is 0 Å². The van der Waals surface area contributed by atoms with Crippen molar-refractivity contribution in [1.29, 1.82) is 0 Å². The highest BCUT2D eigenvalue weighted by Crippen LogP contribution is 2.25. The highest BCUT2D eigenvalue weighted by Gasteiger charge is 2.09. The first-order chi connectivity index (χ1) is 11.7. The van der Waals surface area contributed by atoms with Gasteiger partial charge < -0.3 is 14.8 Å². The normalized spacial score (nSPS) is 10.8. The maximum Gasteiger partial charge on any atom is 0.250 e. The van der Waals surface area contributed by atoms with Crippen LogP contribution in [0.25, 0.3) is 10.2 Å².